The van der Waals surface area contributed by atoms with Gasteiger partial charge in [-0.3, -0.25) is 9.59 Å². The Balaban J connectivity index is 1.94. The van der Waals surface area contributed by atoms with Gasteiger partial charge in [0.25, 0.3) is 5.91 Å². The summed E-state index contributed by atoms with van der Waals surface area (Å²) < 4.78 is 7.17. The van der Waals surface area contributed by atoms with Gasteiger partial charge in [-0.25, -0.2) is 4.68 Å². The number of ether oxygens (including phenoxy) is 1. The highest BCUT2D eigenvalue weighted by Gasteiger charge is 2.30. The van der Waals surface area contributed by atoms with Gasteiger partial charge in [0.2, 0.25) is 5.91 Å². The van der Waals surface area contributed by atoms with Crippen LogP contribution in [0, 0.1) is 0 Å². The van der Waals surface area contributed by atoms with Gasteiger partial charge in [-0.1, -0.05) is 12.1 Å². The Hall–Kier alpha value is -2.83. The number of nitrogens with zero attached hydrogens (tertiary/aromatic N) is 2. The van der Waals surface area contributed by atoms with Crippen molar-refractivity contribution in [2.75, 3.05) is 11.9 Å². The molecule has 3 N–H and O–H groups in total. The second kappa shape index (κ2) is 6.35. The van der Waals surface area contributed by atoms with Gasteiger partial charge in [0.1, 0.15) is 11.6 Å². The first-order valence-corrected chi connectivity index (χ1v) is 7.84. The molecular formula is C17H20N4O3. The van der Waals surface area contributed by atoms with Gasteiger partial charge in [0, 0.05) is 23.9 Å². The van der Waals surface area contributed by atoms with E-state index in [4.69, 9.17) is 10.5 Å². The molecular weight excluding hydrogens is 308 g/mol. The number of hydrogen-bond donors (Lipinski definition) is 2. The second-order valence-corrected chi connectivity index (χ2v) is 6.12. The third-order valence-electron chi connectivity index (χ3n) is 3.98. The summed E-state index contributed by atoms with van der Waals surface area (Å²) in [7, 11) is 0. The number of fused-ring (bicyclic) bond motifs is 1. The van der Waals surface area contributed by atoms with Gasteiger partial charge in [-0.15, -0.1) is 0 Å². The quantitative estimate of drug-likeness (QED) is 0.874. The van der Waals surface area contributed by atoms with Crippen molar-refractivity contribution in [2.24, 2.45) is 5.73 Å². The molecule has 2 heterocycles. The van der Waals surface area contributed by atoms with Crippen LogP contribution >= 0.6 is 0 Å². The van der Waals surface area contributed by atoms with E-state index in [1.54, 1.807) is 12.3 Å². The second-order valence-electron chi connectivity index (χ2n) is 6.12. The summed E-state index contributed by atoms with van der Waals surface area (Å²) in [6.45, 7) is 3.85. The van der Waals surface area contributed by atoms with Crippen LogP contribution in [0.2, 0.25) is 0 Å². The van der Waals surface area contributed by atoms with Crippen molar-refractivity contribution in [3.8, 4) is 5.75 Å². The molecule has 0 saturated heterocycles. The number of anilines is 1. The van der Waals surface area contributed by atoms with Crippen molar-refractivity contribution >= 4 is 17.6 Å². The molecule has 2 amide bonds. The first kappa shape index (κ1) is 16.0. The maximum Gasteiger partial charge on any atom is 0.255 e. The summed E-state index contributed by atoms with van der Waals surface area (Å²) in [5, 5.41) is 7.31. The Morgan fingerprint density at radius 3 is 3.00 bits per heavy atom. The minimum absolute atomic E-state index is 0.0432. The van der Waals surface area contributed by atoms with Crippen LogP contribution in [0.5, 0.6) is 5.75 Å². The number of hydrogen-bond acceptors (Lipinski definition) is 4. The minimum atomic E-state index is -0.530. The van der Waals surface area contributed by atoms with Crippen molar-refractivity contribution in [1.82, 2.24) is 9.78 Å². The standard InChI is InChI=1S/C17H20N4O3/c1-10(2)21-17-14(8-19-21)13(7-16(23)20-17)11-4-3-5-12(6-11)24-9-15(18)22/h3-6,8,10,13H,7,9H2,1-2H3,(H2,18,22)(H,20,23). The lowest BCUT2D eigenvalue weighted by Gasteiger charge is -2.24. The normalized spacial score (nSPS) is 16.6. The number of amides is 2. The molecule has 0 aliphatic carbocycles. The van der Waals surface area contributed by atoms with Crippen molar-refractivity contribution in [1.29, 1.82) is 0 Å². The highest BCUT2D eigenvalue weighted by molar-refractivity contribution is 5.94. The highest BCUT2D eigenvalue weighted by atomic mass is 16.5. The van der Waals surface area contributed by atoms with Crippen molar-refractivity contribution in [3.05, 3.63) is 41.6 Å². The van der Waals surface area contributed by atoms with Crippen LogP contribution < -0.4 is 15.8 Å². The molecule has 1 aromatic heterocycles. The molecule has 0 radical (unpaired) electrons. The van der Waals surface area contributed by atoms with Crippen molar-refractivity contribution < 1.29 is 14.3 Å². The molecule has 0 spiro atoms. The summed E-state index contributed by atoms with van der Waals surface area (Å²) in [4.78, 5) is 23.0. The number of nitrogens with two attached hydrogens (primary N) is 1. The van der Waals surface area contributed by atoms with E-state index in [1.807, 2.05) is 36.7 Å². The fraction of sp³-hybridized carbons (Fsp3) is 0.353. The van der Waals surface area contributed by atoms with Crippen LogP contribution in [0.25, 0.3) is 0 Å². The van der Waals surface area contributed by atoms with Crippen molar-refractivity contribution in [2.45, 2.75) is 32.2 Å². The monoisotopic (exact) mass is 328 g/mol. The van der Waals surface area contributed by atoms with Crippen molar-refractivity contribution in [3.63, 3.8) is 0 Å². The summed E-state index contributed by atoms with van der Waals surface area (Å²) in [6.07, 6.45) is 2.15. The highest BCUT2D eigenvalue weighted by Crippen LogP contribution is 2.38. The molecule has 1 atom stereocenters. The van der Waals surface area contributed by atoms with Crippen LogP contribution in [0.15, 0.2) is 30.5 Å². The summed E-state index contributed by atoms with van der Waals surface area (Å²) in [5.74, 6) is 0.625. The predicted octanol–water partition coefficient (Wildman–Crippen LogP) is 1.80. The smallest absolute Gasteiger partial charge is 0.255 e. The lowest BCUT2D eigenvalue weighted by atomic mass is 9.87. The minimum Gasteiger partial charge on any atom is -0.484 e. The number of primary amides is 1. The Morgan fingerprint density at radius 2 is 2.29 bits per heavy atom. The number of carbonyl (C=O) groups excluding carboxylic acids is 2. The SMILES string of the molecule is CC(C)n1ncc2c1NC(=O)CC2c1cccc(OCC(N)=O)c1. The maximum absolute atomic E-state index is 12.1. The van der Waals surface area contributed by atoms with E-state index in [1.165, 1.54) is 0 Å². The number of carbonyl (C=O) groups is 2. The van der Waals surface area contributed by atoms with E-state index in [9.17, 15) is 9.59 Å². The lowest BCUT2D eigenvalue weighted by molar-refractivity contribution is -0.120. The number of rotatable bonds is 5. The third-order valence-corrected chi connectivity index (χ3v) is 3.98. The molecule has 1 aliphatic rings. The van der Waals surface area contributed by atoms with E-state index in [0.717, 1.165) is 16.9 Å². The Kier molecular flexibility index (Phi) is 4.24. The van der Waals surface area contributed by atoms with Gasteiger partial charge in [0.05, 0.1) is 6.20 Å². The molecule has 1 aliphatic heterocycles. The fourth-order valence-corrected chi connectivity index (χ4v) is 2.90. The van der Waals surface area contributed by atoms with Crippen LogP contribution in [0.3, 0.4) is 0 Å². The Morgan fingerprint density at radius 1 is 1.50 bits per heavy atom. The average Bonchev–Trinajstić information content (AvgIpc) is 2.96. The molecule has 0 fully saturated rings. The molecule has 2 aromatic rings. The number of benzene rings is 1. The third kappa shape index (κ3) is 3.10. The molecule has 7 nitrogen and oxygen atoms in total. The van der Waals surface area contributed by atoms with Gasteiger partial charge in [-0.2, -0.15) is 5.10 Å². The average molecular weight is 328 g/mol. The molecule has 24 heavy (non-hydrogen) atoms. The van der Waals surface area contributed by atoms with Crippen LogP contribution in [0.4, 0.5) is 5.82 Å². The molecule has 7 heteroatoms. The van der Waals surface area contributed by atoms with E-state index in [2.05, 4.69) is 10.4 Å². The molecule has 0 bridgehead atoms. The molecule has 0 saturated carbocycles. The molecule has 126 valence electrons. The predicted molar refractivity (Wildman–Crippen MR) is 88.8 cm³/mol. The molecule has 1 unspecified atom stereocenters. The van der Waals surface area contributed by atoms with E-state index >= 15 is 0 Å². The first-order valence-electron chi connectivity index (χ1n) is 7.84. The fourth-order valence-electron chi connectivity index (χ4n) is 2.90. The maximum atomic E-state index is 12.1. The van der Waals surface area contributed by atoms with Gasteiger partial charge < -0.3 is 15.8 Å². The van der Waals surface area contributed by atoms with Crippen LogP contribution in [-0.2, 0) is 9.59 Å². The van der Waals surface area contributed by atoms with E-state index in [0.29, 0.717) is 12.2 Å². The van der Waals surface area contributed by atoms with Crippen LogP contribution in [-0.4, -0.2) is 28.2 Å². The van der Waals surface area contributed by atoms with Crippen LogP contribution in [0.1, 0.15) is 43.4 Å². The zero-order valence-corrected chi connectivity index (χ0v) is 13.7. The summed E-state index contributed by atoms with van der Waals surface area (Å²) in [6, 6.07) is 7.52. The summed E-state index contributed by atoms with van der Waals surface area (Å²) in [5.41, 5.74) is 7.03. The summed E-state index contributed by atoms with van der Waals surface area (Å²) >= 11 is 0. The first-order chi connectivity index (χ1) is 11.5. The van der Waals surface area contributed by atoms with E-state index < -0.39 is 5.91 Å². The van der Waals surface area contributed by atoms with E-state index in [-0.39, 0.29) is 24.5 Å². The Bertz CT molecular complexity index is 782. The number of aromatic nitrogens is 2. The largest absolute Gasteiger partial charge is 0.484 e. The zero-order chi connectivity index (χ0) is 17.3. The van der Waals surface area contributed by atoms with Gasteiger partial charge >= 0.3 is 0 Å². The van der Waals surface area contributed by atoms with Gasteiger partial charge in [-0.05, 0) is 31.5 Å². The number of nitrogens with one attached hydrogen (secondary N) is 1. The Labute approximate surface area is 139 Å². The molecule has 3 rings (SSSR count). The lowest BCUT2D eigenvalue weighted by Crippen LogP contribution is -2.25. The van der Waals surface area contributed by atoms with Gasteiger partial charge in [0.15, 0.2) is 6.61 Å². The topological polar surface area (TPSA) is 99.2 Å². The molecule has 1 aromatic carbocycles. The zero-order valence-electron chi connectivity index (χ0n) is 13.7.